The van der Waals surface area contributed by atoms with Crippen molar-refractivity contribution in [2.24, 2.45) is 0 Å². The first-order chi connectivity index (χ1) is 10.1. The summed E-state index contributed by atoms with van der Waals surface area (Å²) < 4.78 is 15.2. The third-order valence-electron chi connectivity index (χ3n) is 3.02. The van der Waals surface area contributed by atoms with Crippen LogP contribution in [0.3, 0.4) is 0 Å². The van der Waals surface area contributed by atoms with Gasteiger partial charge < -0.3 is 14.2 Å². The van der Waals surface area contributed by atoms with Crippen LogP contribution < -0.4 is 9.47 Å². The molecule has 5 nitrogen and oxygen atoms in total. The predicted molar refractivity (Wildman–Crippen MR) is 80.5 cm³/mol. The number of thiazole rings is 1. The van der Waals surface area contributed by atoms with Gasteiger partial charge in [-0.3, -0.25) is 0 Å². The summed E-state index contributed by atoms with van der Waals surface area (Å²) >= 11 is 1.49. The average molecular weight is 307 g/mol. The van der Waals surface area contributed by atoms with Crippen LogP contribution in [-0.4, -0.2) is 32.3 Å². The van der Waals surface area contributed by atoms with E-state index in [1.54, 1.807) is 14.2 Å². The number of benzene rings is 1. The van der Waals surface area contributed by atoms with Crippen molar-refractivity contribution in [3.8, 4) is 11.5 Å². The molecule has 1 aromatic carbocycles. The Morgan fingerprint density at radius 2 is 1.90 bits per heavy atom. The van der Waals surface area contributed by atoms with Gasteiger partial charge >= 0.3 is 5.97 Å². The van der Waals surface area contributed by atoms with Gasteiger partial charge in [-0.05, 0) is 24.6 Å². The first-order valence-electron chi connectivity index (χ1n) is 6.34. The fraction of sp³-hybridized carbons (Fsp3) is 0.333. The van der Waals surface area contributed by atoms with Crippen molar-refractivity contribution >= 4 is 17.3 Å². The molecule has 0 spiro atoms. The summed E-state index contributed by atoms with van der Waals surface area (Å²) in [6.45, 7) is 1.86. The standard InChI is InChI=1S/C15H17NO4S/c1-9-14(15(17)20-4)16-13(21-9)8-10-5-6-11(18-2)12(7-10)19-3/h5-7H,8H2,1-4H3. The highest BCUT2D eigenvalue weighted by molar-refractivity contribution is 7.11. The number of aromatic nitrogens is 1. The number of rotatable bonds is 5. The molecule has 112 valence electrons. The lowest BCUT2D eigenvalue weighted by Crippen LogP contribution is -2.03. The molecule has 0 radical (unpaired) electrons. The number of carbonyl (C=O) groups is 1. The van der Waals surface area contributed by atoms with Crippen LogP contribution in [-0.2, 0) is 11.2 Å². The van der Waals surface area contributed by atoms with Crippen LogP contribution in [0.2, 0.25) is 0 Å². The average Bonchev–Trinajstić information content (AvgIpc) is 2.86. The van der Waals surface area contributed by atoms with Gasteiger partial charge in [0.1, 0.15) is 0 Å². The zero-order valence-electron chi connectivity index (χ0n) is 12.4. The quantitative estimate of drug-likeness (QED) is 0.795. The Morgan fingerprint density at radius 1 is 1.19 bits per heavy atom. The van der Waals surface area contributed by atoms with E-state index in [0.29, 0.717) is 23.6 Å². The molecule has 0 bridgehead atoms. The first kappa shape index (κ1) is 15.3. The Balaban J connectivity index is 2.24. The molecule has 1 aromatic heterocycles. The fourth-order valence-electron chi connectivity index (χ4n) is 1.98. The fourth-order valence-corrected chi connectivity index (χ4v) is 2.93. The maximum atomic E-state index is 11.6. The van der Waals surface area contributed by atoms with Crippen LogP contribution in [0.4, 0.5) is 0 Å². The van der Waals surface area contributed by atoms with Crippen molar-refractivity contribution in [1.82, 2.24) is 4.98 Å². The summed E-state index contributed by atoms with van der Waals surface area (Å²) in [5, 5.41) is 0.861. The van der Waals surface area contributed by atoms with E-state index in [4.69, 9.17) is 14.2 Å². The molecule has 21 heavy (non-hydrogen) atoms. The number of methoxy groups -OCH3 is 3. The van der Waals surface area contributed by atoms with Crippen LogP contribution in [0.15, 0.2) is 18.2 Å². The summed E-state index contributed by atoms with van der Waals surface area (Å²) in [7, 11) is 4.56. The Labute approximate surface area is 127 Å². The topological polar surface area (TPSA) is 57.7 Å². The molecule has 2 rings (SSSR count). The highest BCUT2D eigenvalue weighted by Gasteiger charge is 2.16. The van der Waals surface area contributed by atoms with Gasteiger partial charge in [0.2, 0.25) is 0 Å². The molecular formula is C15H17NO4S. The molecule has 6 heteroatoms. The molecule has 0 aliphatic heterocycles. The number of hydrogen-bond donors (Lipinski definition) is 0. The maximum Gasteiger partial charge on any atom is 0.357 e. The van der Waals surface area contributed by atoms with Gasteiger partial charge in [0, 0.05) is 11.3 Å². The van der Waals surface area contributed by atoms with Crippen molar-refractivity contribution in [2.45, 2.75) is 13.3 Å². The van der Waals surface area contributed by atoms with Crippen molar-refractivity contribution in [1.29, 1.82) is 0 Å². The number of aryl methyl sites for hydroxylation is 1. The molecule has 2 aromatic rings. The van der Waals surface area contributed by atoms with Crippen LogP contribution in [0.25, 0.3) is 0 Å². The lowest BCUT2D eigenvalue weighted by molar-refractivity contribution is 0.0594. The molecule has 0 atom stereocenters. The molecule has 0 amide bonds. The lowest BCUT2D eigenvalue weighted by atomic mass is 10.1. The smallest absolute Gasteiger partial charge is 0.357 e. The zero-order valence-corrected chi connectivity index (χ0v) is 13.2. The normalized spacial score (nSPS) is 10.3. The summed E-state index contributed by atoms with van der Waals surface area (Å²) in [4.78, 5) is 16.8. The van der Waals surface area contributed by atoms with E-state index in [9.17, 15) is 4.79 Å². The number of esters is 1. The molecule has 0 N–H and O–H groups in total. The van der Waals surface area contributed by atoms with Gasteiger partial charge in [-0.2, -0.15) is 0 Å². The van der Waals surface area contributed by atoms with Crippen molar-refractivity contribution in [3.63, 3.8) is 0 Å². The van der Waals surface area contributed by atoms with Crippen LogP contribution in [0, 0.1) is 6.92 Å². The van der Waals surface area contributed by atoms with Crippen LogP contribution >= 0.6 is 11.3 Å². The van der Waals surface area contributed by atoms with Crippen LogP contribution in [0.1, 0.15) is 25.9 Å². The van der Waals surface area contributed by atoms with Gasteiger partial charge in [-0.1, -0.05) is 6.07 Å². The van der Waals surface area contributed by atoms with Crippen molar-refractivity contribution < 1.29 is 19.0 Å². The van der Waals surface area contributed by atoms with E-state index in [1.165, 1.54) is 18.4 Å². The minimum atomic E-state index is -0.401. The van der Waals surface area contributed by atoms with E-state index in [2.05, 4.69) is 4.98 Å². The van der Waals surface area contributed by atoms with E-state index >= 15 is 0 Å². The Hall–Kier alpha value is -2.08. The third kappa shape index (κ3) is 3.33. The number of hydrogen-bond acceptors (Lipinski definition) is 6. The number of nitrogens with zero attached hydrogens (tertiary/aromatic N) is 1. The third-order valence-corrected chi connectivity index (χ3v) is 3.99. The van der Waals surface area contributed by atoms with Crippen molar-refractivity contribution in [2.75, 3.05) is 21.3 Å². The molecule has 0 saturated carbocycles. The van der Waals surface area contributed by atoms with E-state index in [0.717, 1.165) is 15.4 Å². The molecule has 0 fully saturated rings. The SMILES string of the molecule is COC(=O)c1nc(Cc2ccc(OC)c(OC)c2)sc1C. The molecule has 0 saturated heterocycles. The second kappa shape index (κ2) is 6.58. The second-order valence-corrected chi connectivity index (χ2v) is 5.66. The highest BCUT2D eigenvalue weighted by Crippen LogP contribution is 2.29. The van der Waals surface area contributed by atoms with Gasteiger partial charge in [0.05, 0.1) is 26.3 Å². The Kier molecular flexibility index (Phi) is 4.80. The number of carbonyl (C=O) groups excluding carboxylic acids is 1. The number of ether oxygens (including phenoxy) is 3. The van der Waals surface area contributed by atoms with Crippen molar-refractivity contribution in [3.05, 3.63) is 39.3 Å². The predicted octanol–water partition coefficient (Wildman–Crippen LogP) is 2.85. The Bertz CT molecular complexity index is 651. The van der Waals surface area contributed by atoms with Gasteiger partial charge in [0.15, 0.2) is 17.2 Å². The largest absolute Gasteiger partial charge is 0.493 e. The maximum absolute atomic E-state index is 11.6. The highest BCUT2D eigenvalue weighted by atomic mass is 32.1. The molecule has 0 aliphatic rings. The second-order valence-electron chi connectivity index (χ2n) is 4.37. The molecule has 1 heterocycles. The zero-order chi connectivity index (χ0) is 15.4. The van der Waals surface area contributed by atoms with Gasteiger partial charge in [-0.25, -0.2) is 9.78 Å². The molecular weight excluding hydrogens is 290 g/mol. The van der Waals surface area contributed by atoms with E-state index in [1.807, 2.05) is 25.1 Å². The monoisotopic (exact) mass is 307 g/mol. The lowest BCUT2D eigenvalue weighted by Gasteiger charge is -2.08. The molecule has 0 aliphatic carbocycles. The summed E-state index contributed by atoms with van der Waals surface area (Å²) in [5.74, 6) is 0.964. The van der Waals surface area contributed by atoms with Crippen LogP contribution in [0.5, 0.6) is 11.5 Å². The van der Waals surface area contributed by atoms with Gasteiger partial charge in [0.25, 0.3) is 0 Å². The first-order valence-corrected chi connectivity index (χ1v) is 7.16. The summed E-state index contributed by atoms with van der Waals surface area (Å²) in [6, 6.07) is 5.72. The minimum absolute atomic E-state index is 0.387. The van der Waals surface area contributed by atoms with E-state index in [-0.39, 0.29) is 0 Å². The minimum Gasteiger partial charge on any atom is -0.493 e. The van der Waals surface area contributed by atoms with Gasteiger partial charge in [-0.15, -0.1) is 11.3 Å². The molecule has 0 unspecified atom stereocenters. The van der Waals surface area contributed by atoms with E-state index < -0.39 is 5.97 Å². The summed E-state index contributed by atoms with van der Waals surface area (Å²) in [6.07, 6.45) is 0.628. The summed E-state index contributed by atoms with van der Waals surface area (Å²) in [5.41, 5.74) is 1.43. The Morgan fingerprint density at radius 3 is 2.52 bits per heavy atom.